The third kappa shape index (κ3) is 7.95. The summed E-state index contributed by atoms with van der Waals surface area (Å²) in [7, 11) is -0.577. The Hall–Kier alpha value is -3.43. The van der Waals surface area contributed by atoms with Crippen LogP contribution in [0.25, 0.3) is 11.1 Å². The first-order chi connectivity index (χ1) is 20.3. The van der Waals surface area contributed by atoms with Crippen molar-refractivity contribution in [2.75, 3.05) is 32.7 Å². The van der Waals surface area contributed by atoms with Crippen molar-refractivity contribution in [3.05, 3.63) is 83.4 Å². The molecule has 0 bridgehead atoms. The number of rotatable bonds is 11. The average molecular weight is 616 g/mol. The summed E-state index contributed by atoms with van der Waals surface area (Å²) in [6.45, 7) is -0.144. The maximum Gasteiger partial charge on any atom is 0.417 e. The molecule has 43 heavy (non-hydrogen) atoms. The maximum absolute atomic E-state index is 13.3. The first-order valence-corrected chi connectivity index (χ1v) is 15.5. The fourth-order valence-corrected chi connectivity index (χ4v) is 6.45. The van der Waals surface area contributed by atoms with Crippen molar-refractivity contribution < 1.29 is 31.4 Å². The summed E-state index contributed by atoms with van der Waals surface area (Å²) in [5.41, 5.74) is 0.0725. The number of sulfonamides is 1. The van der Waals surface area contributed by atoms with Gasteiger partial charge in [-0.3, -0.25) is 0 Å². The van der Waals surface area contributed by atoms with Gasteiger partial charge in [-0.05, 0) is 65.8 Å². The first-order valence-electron chi connectivity index (χ1n) is 14.1. The van der Waals surface area contributed by atoms with Crippen molar-refractivity contribution in [1.29, 1.82) is 5.26 Å². The van der Waals surface area contributed by atoms with Crippen LogP contribution in [0.2, 0.25) is 0 Å². The maximum atomic E-state index is 13.3. The molecule has 230 valence electrons. The van der Waals surface area contributed by atoms with Crippen LogP contribution in [0, 0.1) is 17.2 Å². The lowest BCUT2D eigenvalue weighted by molar-refractivity contribution is -0.137. The molecule has 3 aromatic rings. The molecule has 1 atom stereocenters. The van der Waals surface area contributed by atoms with Crippen LogP contribution in [0.4, 0.5) is 18.9 Å². The first kappa shape index (κ1) is 32.5. The van der Waals surface area contributed by atoms with Gasteiger partial charge < -0.3 is 15.2 Å². The molecular weight excluding hydrogens is 579 g/mol. The van der Waals surface area contributed by atoms with Crippen molar-refractivity contribution in [2.24, 2.45) is 5.92 Å². The van der Waals surface area contributed by atoms with Crippen LogP contribution < -0.4 is 5.32 Å². The summed E-state index contributed by atoms with van der Waals surface area (Å²) in [5, 5.41) is 23.8. The molecule has 1 aliphatic rings. The van der Waals surface area contributed by atoms with E-state index >= 15 is 0 Å². The number of hydrogen-bond acceptors (Lipinski definition) is 6. The lowest BCUT2D eigenvalue weighted by Crippen LogP contribution is -2.46. The van der Waals surface area contributed by atoms with Crippen LogP contribution in [0.15, 0.2) is 71.6 Å². The van der Waals surface area contributed by atoms with Gasteiger partial charge in [-0.2, -0.15) is 18.4 Å². The standard InChI is InChI=1S/C32H36F3N3O4S/c1-38(2)43(40,41)29-15-12-24(13-16-29)25-8-6-7-23(17-25)19-31(39,27-9-4-3-5-10-27)21-42-22-37-28-14-11-26(20-36)30(18-28)32(33,34)35/h6-8,11-18,27,37,39H,3-5,9-10,19,21-22H2,1-2H3. The second-order valence-electron chi connectivity index (χ2n) is 11.2. The van der Waals surface area contributed by atoms with Gasteiger partial charge in [0.1, 0.15) is 6.73 Å². The second kappa shape index (κ2) is 13.5. The Morgan fingerprint density at radius 3 is 2.33 bits per heavy atom. The molecule has 1 unspecified atom stereocenters. The number of hydrogen-bond donors (Lipinski definition) is 2. The minimum atomic E-state index is -4.66. The Morgan fingerprint density at radius 1 is 1.00 bits per heavy atom. The molecule has 3 aromatic carbocycles. The normalized spacial score (nSPS) is 16.0. The van der Waals surface area contributed by atoms with Crippen LogP contribution in [0.1, 0.15) is 48.8 Å². The van der Waals surface area contributed by atoms with Crippen molar-refractivity contribution in [3.8, 4) is 17.2 Å². The van der Waals surface area contributed by atoms with E-state index in [0.717, 1.165) is 65.2 Å². The summed E-state index contributed by atoms with van der Waals surface area (Å²) in [6.07, 6.45) is 0.444. The van der Waals surface area contributed by atoms with E-state index in [4.69, 9.17) is 10.00 Å². The SMILES string of the molecule is CN(C)S(=O)(=O)c1ccc(-c2cccc(CC(O)(COCNc3ccc(C#N)c(C(F)(F)F)c3)C3CCCCC3)c2)cc1. The van der Waals surface area contributed by atoms with E-state index in [-0.39, 0.29) is 29.8 Å². The highest BCUT2D eigenvalue weighted by molar-refractivity contribution is 7.89. The largest absolute Gasteiger partial charge is 0.417 e. The van der Waals surface area contributed by atoms with Gasteiger partial charge in [0.25, 0.3) is 0 Å². The van der Waals surface area contributed by atoms with Crippen molar-refractivity contribution >= 4 is 15.7 Å². The molecule has 0 radical (unpaired) electrons. The molecule has 7 nitrogen and oxygen atoms in total. The molecule has 4 rings (SSSR count). The van der Waals surface area contributed by atoms with E-state index in [1.54, 1.807) is 30.3 Å². The molecule has 0 saturated heterocycles. The zero-order valence-electron chi connectivity index (χ0n) is 24.2. The Morgan fingerprint density at radius 2 is 1.70 bits per heavy atom. The molecular formula is C32H36F3N3O4S. The van der Waals surface area contributed by atoms with E-state index in [0.29, 0.717) is 6.42 Å². The van der Waals surface area contributed by atoms with Crippen LogP contribution >= 0.6 is 0 Å². The topological polar surface area (TPSA) is 103 Å². The number of nitriles is 1. The predicted octanol–water partition coefficient (Wildman–Crippen LogP) is 6.43. The Labute approximate surface area is 251 Å². The quantitative estimate of drug-likeness (QED) is 0.190. The molecule has 2 N–H and O–H groups in total. The van der Waals surface area contributed by atoms with Gasteiger partial charge in [0, 0.05) is 26.2 Å². The lowest BCUT2D eigenvalue weighted by Gasteiger charge is -2.38. The van der Waals surface area contributed by atoms with Crippen LogP contribution in [-0.4, -0.2) is 50.9 Å². The second-order valence-corrected chi connectivity index (χ2v) is 13.3. The molecule has 1 aliphatic carbocycles. The van der Waals surface area contributed by atoms with Gasteiger partial charge in [-0.1, -0.05) is 55.7 Å². The molecule has 11 heteroatoms. The summed E-state index contributed by atoms with van der Waals surface area (Å²) in [4.78, 5) is 0.200. The fraction of sp³-hybridized carbons (Fsp3) is 0.406. The third-order valence-electron chi connectivity index (χ3n) is 7.94. The van der Waals surface area contributed by atoms with E-state index in [1.165, 1.54) is 20.2 Å². The van der Waals surface area contributed by atoms with Crippen LogP contribution in [0.5, 0.6) is 0 Å². The summed E-state index contributed by atoms with van der Waals surface area (Å²) in [6, 6.07) is 19.3. The number of nitrogens with zero attached hydrogens (tertiary/aromatic N) is 2. The van der Waals surface area contributed by atoms with Gasteiger partial charge >= 0.3 is 6.18 Å². The predicted molar refractivity (Wildman–Crippen MR) is 159 cm³/mol. The van der Waals surface area contributed by atoms with E-state index in [9.17, 15) is 26.7 Å². The van der Waals surface area contributed by atoms with Crippen LogP contribution in [0.3, 0.4) is 0 Å². The number of anilines is 1. The van der Waals surface area contributed by atoms with Gasteiger partial charge in [0.2, 0.25) is 10.0 Å². The third-order valence-corrected chi connectivity index (χ3v) is 9.77. The zero-order chi connectivity index (χ0) is 31.3. The van der Waals surface area contributed by atoms with Crippen molar-refractivity contribution in [1.82, 2.24) is 4.31 Å². The molecule has 1 fully saturated rings. The fourth-order valence-electron chi connectivity index (χ4n) is 5.55. The molecule has 0 heterocycles. The van der Waals surface area contributed by atoms with Gasteiger partial charge in [-0.25, -0.2) is 12.7 Å². The van der Waals surface area contributed by atoms with Gasteiger partial charge in [-0.15, -0.1) is 0 Å². The highest BCUT2D eigenvalue weighted by atomic mass is 32.2. The summed E-state index contributed by atoms with van der Waals surface area (Å²) in [5.74, 6) is -0.00725. The van der Waals surface area contributed by atoms with Crippen molar-refractivity contribution in [2.45, 2.75) is 55.2 Å². The van der Waals surface area contributed by atoms with Gasteiger partial charge in [0.05, 0.1) is 34.3 Å². The van der Waals surface area contributed by atoms with Gasteiger partial charge in [0.15, 0.2) is 0 Å². The highest BCUT2D eigenvalue weighted by Gasteiger charge is 2.38. The lowest BCUT2D eigenvalue weighted by atomic mass is 9.74. The highest BCUT2D eigenvalue weighted by Crippen LogP contribution is 2.37. The van der Waals surface area contributed by atoms with Crippen molar-refractivity contribution in [3.63, 3.8) is 0 Å². The van der Waals surface area contributed by atoms with E-state index in [2.05, 4.69) is 5.32 Å². The minimum Gasteiger partial charge on any atom is -0.387 e. The average Bonchev–Trinajstić information content (AvgIpc) is 2.99. The molecule has 0 aromatic heterocycles. The number of alkyl halides is 3. The smallest absolute Gasteiger partial charge is 0.387 e. The minimum absolute atomic E-state index is 0.00725. The Balaban J connectivity index is 1.48. The molecule has 0 spiro atoms. The molecule has 0 aliphatic heterocycles. The monoisotopic (exact) mass is 615 g/mol. The number of nitrogens with one attached hydrogen (secondary N) is 1. The zero-order valence-corrected chi connectivity index (χ0v) is 25.0. The number of aliphatic hydroxyl groups is 1. The Kier molecular flexibility index (Phi) is 10.2. The molecule has 1 saturated carbocycles. The number of ether oxygens (including phenoxy) is 1. The molecule has 0 amide bonds. The Bertz CT molecular complexity index is 1550. The van der Waals surface area contributed by atoms with E-state index in [1.807, 2.05) is 24.3 Å². The van der Waals surface area contributed by atoms with Crippen LogP contribution in [-0.2, 0) is 27.4 Å². The summed E-state index contributed by atoms with van der Waals surface area (Å²) >= 11 is 0. The summed E-state index contributed by atoms with van der Waals surface area (Å²) < 4.78 is 71.9. The number of benzene rings is 3. The van der Waals surface area contributed by atoms with E-state index < -0.39 is 32.9 Å². The number of halogens is 3.